The minimum atomic E-state index is -0.112. The van der Waals surface area contributed by atoms with Gasteiger partial charge in [0.25, 0.3) is 0 Å². The lowest BCUT2D eigenvalue weighted by atomic mass is 10.0. The average Bonchev–Trinajstić information content (AvgIpc) is 2.63. The van der Waals surface area contributed by atoms with Crippen LogP contribution in [-0.2, 0) is 13.1 Å². The molecule has 6 nitrogen and oxygen atoms in total. The van der Waals surface area contributed by atoms with Crippen molar-refractivity contribution < 1.29 is 9.90 Å². The molecule has 6 heteroatoms. The number of likely N-dealkylation sites (N-methyl/N-ethyl adjacent to an activating group) is 1. The number of hydrogen-bond acceptors (Lipinski definition) is 4. The van der Waals surface area contributed by atoms with Gasteiger partial charge in [0.05, 0.1) is 0 Å². The molecule has 146 valence electrons. The molecule has 0 aliphatic heterocycles. The van der Waals surface area contributed by atoms with Crippen molar-refractivity contribution in [3.8, 4) is 5.75 Å². The van der Waals surface area contributed by atoms with Crippen molar-refractivity contribution in [1.82, 2.24) is 20.1 Å². The topological polar surface area (TPSA) is 68.7 Å². The number of hydrogen-bond donors (Lipinski definition) is 2. The minimum absolute atomic E-state index is 0.112. The summed E-state index contributed by atoms with van der Waals surface area (Å²) in [6.45, 7) is 5.81. The van der Waals surface area contributed by atoms with Gasteiger partial charge in [0.1, 0.15) is 5.75 Å². The fourth-order valence-electron chi connectivity index (χ4n) is 3.05. The van der Waals surface area contributed by atoms with Gasteiger partial charge in [-0.2, -0.15) is 0 Å². The first-order valence-electron chi connectivity index (χ1n) is 9.23. The monoisotopic (exact) mass is 370 g/mol. The first-order valence-corrected chi connectivity index (χ1v) is 9.23. The summed E-state index contributed by atoms with van der Waals surface area (Å²) in [6, 6.07) is 10.9. The molecule has 1 aromatic carbocycles. The fraction of sp³-hybridized carbons (Fsp3) is 0.429. The van der Waals surface area contributed by atoms with Crippen LogP contribution in [0.15, 0.2) is 48.8 Å². The van der Waals surface area contributed by atoms with E-state index in [1.165, 1.54) is 0 Å². The van der Waals surface area contributed by atoms with E-state index in [1.54, 1.807) is 29.4 Å². The van der Waals surface area contributed by atoms with Gasteiger partial charge in [-0.15, -0.1) is 0 Å². The van der Waals surface area contributed by atoms with E-state index in [2.05, 4.69) is 29.0 Å². The number of urea groups is 1. The minimum Gasteiger partial charge on any atom is -0.508 e. The van der Waals surface area contributed by atoms with E-state index in [1.807, 2.05) is 38.4 Å². The number of benzene rings is 1. The second-order valence-corrected chi connectivity index (χ2v) is 7.34. The number of aromatic hydroxyl groups is 1. The van der Waals surface area contributed by atoms with Crippen LogP contribution >= 0.6 is 0 Å². The summed E-state index contributed by atoms with van der Waals surface area (Å²) >= 11 is 0. The molecule has 2 aromatic rings. The summed E-state index contributed by atoms with van der Waals surface area (Å²) < 4.78 is 0. The van der Waals surface area contributed by atoms with Gasteiger partial charge >= 0.3 is 6.03 Å². The van der Waals surface area contributed by atoms with Gasteiger partial charge in [0.2, 0.25) is 0 Å². The van der Waals surface area contributed by atoms with Gasteiger partial charge in [-0.25, -0.2) is 4.79 Å². The van der Waals surface area contributed by atoms with E-state index in [4.69, 9.17) is 0 Å². The summed E-state index contributed by atoms with van der Waals surface area (Å²) in [6.07, 6.45) is 3.49. The quantitative estimate of drug-likeness (QED) is 0.749. The number of nitrogens with one attached hydrogen (secondary N) is 1. The highest BCUT2D eigenvalue weighted by Gasteiger charge is 2.20. The maximum atomic E-state index is 12.9. The van der Waals surface area contributed by atoms with Crippen LogP contribution in [0.25, 0.3) is 0 Å². The molecule has 1 atom stereocenters. The Morgan fingerprint density at radius 3 is 2.33 bits per heavy atom. The van der Waals surface area contributed by atoms with Crippen LogP contribution in [0.2, 0.25) is 0 Å². The summed E-state index contributed by atoms with van der Waals surface area (Å²) in [4.78, 5) is 20.9. The number of pyridine rings is 1. The molecule has 27 heavy (non-hydrogen) atoms. The highest BCUT2D eigenvalue weighted by atomic mass is 16.3. The lowest BCUT2D eigenvalue weighted by molar-refractivity contribution is 0.180. The Morgan fingerprint density at radius 1 is 1.11 bits per heavy atom. The molecular weight excluding hydrogens is 340 g/mol. The number of phenols is 1. The van der Waals surface area contributed by atoms with E-state index >= 15 is 0 Å². The van der Waals surface area contributed by atoms with Crippen molar-refractivity contribution in [2.45, 2.75) is 33.0 Å². The van der Waals surface area contributed by atoms with Crippen LogP contribution in [0.4, 0.5) is 4.79 Å². The number of nitrogens with zero attached hydrogens (tertiary/aromatic N) is 3. The molecule has 0 bridgehead atoms. The van der Waals surface area contributed by atoms with Crippen molar-refractivity contribution in [2.75, 3.05) is 20.6 Å². The Kier molecular flexibility index (Phi) is 7.61. The Labute approximate surface area is 161 Å². The molecule has 1 aromatic heterocycles. The molecule has 0 aliphatic carbocycles. The first-order chi connectivity index (χ1) is 12.9. The van der Waals surface area contributed by atoms with Crippen molar-refractivity contribution in [2.24, 2.45) is 5.92 Å². The lowest BCUT2D eigenvalue weighted by Crippen LogP contribution is -2.47. The van der Waals surface area contributed by atoms with Gasteiger partial charge in [0, 0.05) is 38.1 Å². The lowest BCUT2D eigenvalue weighted by Gasteiger charge is -2.30. The number of rotatable bonds is 8. The van der Waals surface area contributed by atoms with Gasteiger partial charge < -0.3 is 20.2 Å². The van der Waals surface area contributed by atoms with Crippen LogP contribution < -0.4 is 5.32 Å². The second kappa shape index (κ2) is 9.92. The Balaban J connectivity index is 2.10. The zero-order valence-electron chi connectivity index (χ0n) is 16.6. The molecular formula is C21H30N4O2. The third-order valence-corrected chi connectivity index (χ3v) is 4.59. The molecule has 0 spiro atoms. The molecule has 0 fully saturated rings. The van der Waals surface area contributed by atoms with Crippen molar-refractivity contribution >= 4 is 6.03 Å². The van der Waals surface area contributed by atoms with E-state index in [-0.39, 0.29) is 17.8 Å². The molecule has 0 aliphatic rings. The smallest absolute Gasteiger partial charge is 0.318 e. The average molecular weight is 370 g/mol. The summed E-state index contributed by atoms with van der Waals surface area (Å²) in [5, 5.41) is 12.6. The molecule has 0 radical (unpaired) electrons. The molecule has 2 N–H and O–H groups in total. The molecule has 0 saturated carbocycles. The molecule has 0 saturated heterocycles. The van der Waals surface area contributed by atoms with Gasteiger partial charge in [-0.05, 0) is 49.3 Å². The van der Waals surface area contributed by atoms with Crippen LogP contribution in [0, 0.1) is 5.92 Å². The van der Waals surface area contributed by atoms with E-state index < -0.39 is 0 Å². The van der Waals surface area contributed by atoms with Crippen LogP contribution in [-0.4, -0.2) is 52.6 Å². The van der Waals surface area contributed by atoms with Crippen molar-refractivity contribution in [3.05, 3.63) is 59.9 Å². The van der Waals surface area contributed by atoms with Crippen LogP contribution in [0.3, 0.4) is 0 Å². The third kappa shape index (κ3) is 6.57. The summed E-state index contributed by atoms with van der Waals surface area (Å²) in [7, 11) is 4.06. The number of phenolic OH excluding ortho intramolecular Hbond substituents is 1. The Morgan fingerprint density at radius 2 is 1.78 bits per heavy atom. The number of carbonyl (C=O) groups is 1. The van der Waals surface area contributed by atoms with E-state index in [0.29, 0.717) is 25.6 Å². The zero-order chi connectivity index (χ0) is 19.8. The fourth-order valence-corrected chi connectivity index (χ4v) is 3.05. The molecule has 2 amide bonds. The van der Waals surface area contributed by atoms with E-state index in [9.17, 15) is 9.90 Å². The number of aromatic nitrogens is 1. The van der Waals surface area contributed by atoms with Crippen LogP contribution in [0.5, 0.6) is 5.75 Å². The predicted molar refractivity (Wildman–Crippen MR) is 107 cm³/mol. The van der Waals surface area contributed by atoms with Crippen molar-refractivity contribution in [1.29, 1.82) is 0 Å². The molecule has 1 heterocycles. The normalized spacial score (nSPS) is 12.2. The SMILES string of the molecule is CC(C)C(CNC(=O)N(Cc1ccc(O)cc1)Cc1cccnc1)N(C)C. The Bertz CT molecular complexity index is 694. The summed E-state index contributed by atoms with van der Waals surface area (Å²) in [5.74, 6) is 0.650. The molecule has 2 rings (SSSR count). The maximum absolute atomic E-state index is 12.9. The highest BCUT2D eigenvalue weighted by molar-refractivity contribution is 5.74. The Hall–Kier alpha value is -2.60. The van der Waals surface area contributed by atoms with E-state index in [0.717, 1.165) is 11.1 Å². The zero-order valence-corrected chi connectivity index (χ0v) is 16.6. The van der Waals surface area contributed by atoms with Crippen LogP contribution in [0.1, 0.15) is 25.0 Å². The summed E-state index contributed by atoms with van der Waals surface area (Å²) in [5.41, 5.74) is 1.93. The van der Waals surface area contributed by atoms with Gasteiger partial charge in [-0.3, -0.25) is 4.98 Å². The maximum Gasteiger partial charge on any atom is 0.318 e. The second-order valence-electron chi connectivity index (χ2n) is 7.34. The van der Waals surface area contributed by atoms with Gasteiger partial charge in [0.15, 0.2) is 0 Å². The standard InChI is InChI=1S/C21H30N4O2/c1-16(2)20(24(3)4)13-23-21(27)25(15-18-6-5-11-22-12-18)14-17-7-9-19(26)10-8-17/h5-12,16,20,26H,13-15H2,1-4H3,(H,23,27). The molecule has 1 unspecified atom stereocenters. The van der Waals surface area contributed by atoms with Gasteiger partial charge in [-0.1, -0.05) is 32.0 Å². The predicted octanol–water partition coefficient (Wildman–Crippen LogP) is 3.09. The largest absolute Gasteiger partial charge is 0.508 e. The first kappa shape index (κ1) is 20.7. The third-order valence-electron chi connectivity index (χ3n) is 4.59. The number of carbonyl (C=O) groups excluding carboxylic acids is 1. The number of amides is 2. The highest BCUT2D eigenvalue weighted by Crippen LogP contribution is 2.14. The van der Waals surface area contributed by atoms with Crippen molar-refractivity contribution in [3.63, 3.8) is 0 Å².